The Kier molecular flexibility index (Phi) is 6.49. The summed E-state index contributed by atoms with van der Waals surface area (Å²) in [5.41, 5.74) is 0.782. The maximum absolute atomic E-state index is 10.7. The molecule has 0 spiro atoms. The minimum Gasteiger partial charge on any atom is -0.389 e. The van der Waals surface area contributed by atoms with E-state index in [1.54, 1.807) is 0 Å². The highest BCUT2D eigenvalue weighted by molar-refractivity contribution is 5.18. The lowest BCUT2D eigenvalue weighted by molar-refractivity contribution is -0.00608. The summed E-state index contributed by atoms with van der Waals surface area (Å²) in [5, 5.41) is 14.2. The van der Waals surface area contributed by atoms with Crippen LogP contribution in [0, 0.1) is 12.3 Å². The fourth-order valence-corrected chi connectivity index (χ4v) is 3.62. The molecule has 22 heavy (non-hydrogen) atoms. The van der Waals surface area contributed by atoms with Crippen molar-refractivity contribution < 1.29 is 5.11 Å². The molecule has 2 atom stereocenters. The van der Waals surface area contributed by atoms with Gasteiger partial charge in [-0.3, -0.25) is 0 Å². The van der Waals surface area contributed by atoms with Gasteiger partial charge in [0.2, 0.25) is 0 Å². The number of terminal acetylenes is 1. The van der Waals surface area contributed by atoms with E-state index in [0.717, 1.165) is 25.7 Å². The minimum absolute atomic E-state index is 0.474. The van der Waals surface area contributed by atoms with E-state index in [1.807, 2.05) is 18.2 Å². The van der Waals surface area contributed by atoms with Crippen molar-refractivity contribution in [2.45, 2.75) is 76.0 Å². The number of unbranched alkanes of at least 4 members (excludes halogenated alkanes) is 2. The third kappa shape index (κ3) is 5.16. The number of hydrogen-bond acceptors (Lipinski definition) is 2. The van der Waals surface area contributed by atoms with Gasteiger partial charge in [-0.15, -0.1) is 12.3 Å². The molecule has 0 aliphatic carbocycles. The molecule has 2 bridgehead atoms. The molecule has 0 radical (unpaired) electrons. The van der Waals surface area contributed by atoms with Gasteiger partial charge in [-0.25, -0.2) is 0 Å². The van der Waals surface area contributed by atoms with Gasteiger partial charge in [0.05, 0.1) is 5.60 Å². The van der Waals surface area contributed by atoms with Crippen molar-refractivity contribution >= 4 is 0 Å². The van der Waals surface area contributed by atoms with Crippen LogP contribution in [-0.2, 0) is 6.42 Å². The molecule has 2 aliphatic rings. The molecule has 2 unspecified atom stereocenters. The van der Waals surface area contributed by atoms with Crippen LogP contribution in [0.3, 0.4) is 0 Å². The largest absolute Gasteiger partial charge is 0.389 e. The second-order valence-corrected chi connectivity index (χ2v) is 6.74. The summed E-state index contributed by atoms with van der Waals surface area (Å²) in [4.78, 5) is 0. The lowest BCUT2D eigenvalue weighted by Crippen LogP contribution is -2.49. The summed E-state index contributed by atoms with van der Waals surface area (Å²) in [6.45, 7) is 2.14. The zero-order valence-electron chi connectivity index (χ0n) is 13.7. The first-order chi connectivity index (χ1) is 10.6. The molecule has 2 N–H and O–H groups in total. The first-order valence-corrected chi connectivity index (χ1v) is 8.61. The quantitative estimate of drug-likeness (QED) is 0.656. The third-order valence-corrected chi connectivity index (χ3v) is 4.64. The Labute approximate surface area is 135 Å². The average molecular weight is 299 g/mol. The van der Waals surface area contributed by atoms with Gasteiger partial charge in [0.25, 0.3) is 0 Å². The normalized spacial score (nSPS) is 29.3. The number of fused-ring (bicyclic) bond motifs is 2. The molecule has 1 aromatic rings. The Morgan fingerprint density at radius 2 is 1.86 bits per heavy atom. The number of piperidine rings is 1. The van der Waals surface area contributed by atoms with Crippen molar-refractivity contribution in [2.24, 2.45) is 0 Å². The van der Waals surface area contributed by atoms with Crippen LogP contribution in [0.4, 0.5) is 0 Å². The van der Waals surface area contributed by atoms with E-state index >= 15 is 0 Å². The summed E-state index contributed by atoms with van der Waals surface area (Å²) in [7, 11) is 0. The molecular formula is C20H29NO. The van der Waals surface area contributed by atoms with Crippen molar-refractivity contribution in [3.05, 3.63) is 35.9 Å². The lowest BCUT2D eigenvalue weighted by atomic mass is 9.82. The van der Waals surface area contributed by atoms with Crippen LogP contribution in [0.5, 0.6) is 0 Å². The van der Waals surface area contributed by atoms with Crippen LogP contribution in [0.15, 0.2) is 30.3 Å². The smallest absolute Gasteiger partial charge is 0.0717 e. The van der Waals surface area contributed by atoms with Gasteiger partial charge in [-0.2, -0.15) is 0 Å². The van der Waals surface area contributed by atoms with E-state index in [2.05, 4.69) is 30.3 Å². The molecular weight excluding hydrogens is 270 g/mol. The van der Waals surface area contributed by atoms with Gasteiger partial charge in [-0.1, -0.05) is 43.7 Å². The van der Waals surface area contributed by atoms with Gasteiger partial charge in [0, 0.05) is 24.9 Å². The van der Waals surface area contributed by atoms with E-state index < -0.39 is 5.60 Å². The average Bonchev–Trinajstić information content (AvgIpc) is 2.86. The van der Waals surface area contributed by atoms with Crippen LogP contribution in [0.25, 0.3) is 0 Å². The van der Waals surface area contributed by atoms with E-state index in [-0.39, 0.29) is 0 Å². The summed E-state index contributed by atoms with van der Waals surface area (Å²) >= 11 is 0. The van der Waals surface area contributed by atoms with E-state index in [9.17, 15) is 5.11 Å². The van der Waals surface area contributed by atoms with Crippen LogP contribution in [0.2, 0.25) is 0 Å². The highest BCUT2D eigenvalue weighted by Crippen LogP contribution is 2.35. The summed E-state index contributed by atoms with van der Waals surface area (Å²) in [6.07, 6.45) is 13.4. The van der Waals surface area contributed by atoms with Crippen molar-refractivity contribution in [2.75, 3.05) is 0 Å². The molecule has 2 heterocycles. The molecule has 2 nitrogen and oxygen atoms in total. The molecule has 3 rings (SSSR count). The second-order valence-electron chi connectivity index (χ2n) is 6.74. The summed E-state index contributed by atoms with van der Waals surface area (Å²) < 4.78 is 0. The van der Waals surface area contributed by atoms with Gasteiger partial charge in [0.15, 0.2) is 0 Å². The van der Waals surface area contributed by atoms with E-state index in [4.69, 9.17) is 6.42 Å². The maximum Gasteiger partial charge on any atom is 0.0717 e. The maximum atomic E-state index is 10.7. The SMILES string of the molecule is C#CCCCC.OC1(Cc2ccccc2)CC2CCC(C1)N2. The Hall–Kier alpha value is -1.30. The molecule has 0 aromatic heterocycles. The van der Waals surface area contributed by atoms with Crippen LogP contribution < -0.4 is 5.32 Å². The van der Waals surface area contributed by atoms with E-state index in [1.165, 1.54) is 31.2 Å². The molecule has 2 heteroatoms. The number of nitrogens with one attached hydrogen (secondary N) is 1. The molecule has 2 aliphatic heterocycles. The van der Waals surface area contributed by atoms with Crippen LogP contribution in [0.1, 0.15) is 57.4 Å². The van der Waals surface area contributed by atoms with Crippen molar-refractivity contribution in [3.8, 4) is 12.3 Å². The number of aliphatic hydroxyl groups is 1. The van der Waals surface area contributed by atoms with Gasteiger partial charge in [-0.05, 0) is 37.7 Å². The Morgan fingerprint density at radius 1 is 1.23 bits per heavy atom. The number of rotatable bonds is 4. The van der Waals surface area contributed by atoms with Gasteiger partial charge < -0.3 is 10.4 Å². The Morgan fingerprint density at radius 3 is 2.36 bits per heavy atom. The fourth-order valence-electron chi connectivity index (χ4n) is 3.62. The molecule has 120 valence electrons. The summed E-state index contributed by atoms with van der Waals surface area (Å²) in [5.74, 6) is 2.57. The summed E-state index contributed by atoms with van der Waals surface area (Å²) in [6, 6.07) is 11.5. The van der Waals surface area contributed by atoms with Crippen molar-refractivity contribution in [3.63, 3.8) is 0 Å². The van der Waals surface area contributed by atoms with Gasteiger partial charge in [0.1, 0.15) is 0 Å². The predicted molar refractivity (Wildman–Crippen MR) is 92.6 cm³/mol. The minimum atomic E-state index is -0.474. The lowest BCUT2D eigenvalue weighted by Gasteiger charge is -2.37. The number of benzene rings is 1. The first-order valence-electron chi connectivity index (χ1n) is 8.61. The fraction of sp³-hybridized carbons (Fsp3) is 0.600. The topological polar surface area (TPSA) is 32.3 Å². The number of hydrogen-bond donors (Lipinski definition) is 2. The van der Waals surface area contributed by atoms with E-state index in [0.29, 0.717) is 12.1 Å². The molecule has 2 fully saturated rings. The molecule has 0 saturated carbocycles. The van der Waals surface area contributed by atoms with Crippen LogP contribution in [-0.4, -0.2) is 22.8 Å². The standard InChI is InChI=1S/C14H19NO.C6H10/c16-14(8-11-4-2-1-3-5-11)9-12-6-7-13(10-14)15-12;1-3-5-6-4-2/h1-5,12-13,15-16H,6-10H2;1H,4-6H2,2H3. The molecule has 0 amide bonds. The molecule has 1 aromatic carbocycles. The van der Waals surface area contributed by atoms with Gasteiger partial charge >= 0.3 is 0 Å². The Balaban J connectivity index is 0.000000254. The molecule has 2 saturated heterocycles. The monoisotopic (exact) mass is 299 g/mol. The Bertz CT molecular complexity index is 464. The van der Waals surface area contributed by atoms with Crippen molar-refractivity contribution in [1.82, 2.24) is 5.32 Å². The van der Waals surface area contributed by atoms with Crippen LogP contribution >= 0.6 is 0 Å². The zero-order chi connectivity index (χ0) is 15.8. The third-order valence-electron chi connectivity index (χ3n) is 4.64. The predicted octanol–water partition coefficient (Wildman–Crippen LogP) is 3.68. The highest BCUT2D eigenvalue weighted by atomic mass is 16.3. The van der Waals surface area contributed by atoms with Crippen molar-refractivity contribution in [1.29, 1.82) is 0 Å². The first kappa shape index (κ1) is 17.1. The second kappa shape index (κ2) is 8.36. The highest BCUT2D eigenvalue weighted by Gasteiger charge is 2.42. The zero-order valence-corrected chi connectivity index (χ0v) is 13.7.